The van der Waals surface area contributed by atoms with Crippen LogP contribution in [0.4, 0.5) is 5.13 Å². The van der Waals surface area contributed by atoms with E-state index in [0.29, 0.717) is 31.3 Å². The molecule has 0 radical (unpaired) electrons. The highest BCUT2D eigenvalue weighted by Crippen LogP contribution is 2.44. The topological polar surface area (TPSA) is 83.4 Å². The SMILES string of the molecule is Cc1ccc(/C(O)=C2/C(=O)C(=O)N(c3nnc(SCc4ccc(Cl)cc4Cl)s3)C2c2ccc(C)cc2)cc1. The molecule has 2 heterocycles. The van der Waals surface area contributed by atoms with Crippen LogP contribution in [0.15, 0.2) is 76.6 Å². The average molecular weight is 583 g/mol. The Labute approximate surface area is 237 Å². The molecule has 1 aromatic heterocycles. The minimum absolute atomic E-state index is 0.0139. The summed E-state index contributed by atoms with van der Waals surface area (Å²) in [6.07, 6.45) is 0. The van der Waals surface area contributed by atoms with E-state index >= 15 is 0 Å². The van der Waals surface area contributed by atoms with Gasteiger partial charge in [-0.25, -0.2) is 0 Å². The number of aliphatic hydroxyl groups excluding tert-OH is 1. The van der Waals surface area contributed by atoms with E-state index in [2.05, 4.69) is 10.2 Å². The quantitative estimate of drug-likeness (QED) is 0.0840. The lowest BCUT2D eigenvalue weighted by Crippen LogP contribution is -2.29. The van der Waals surface area contributed by atoms with Crippen LogP contribution < -0.4 is 4.90 Å². The van der Waals surface area contributed by atoms with Gasteiger partial charge in [0.15, 0.2) is 4.34 Å². The van der Waals surface area contributed by atoms with Crippen molar-refractivity contribution in [2.45, 2.75) is 30.0 Å². The Bertz CT molecular complexity index is 1570. The Morgan fingerprint density at radius 2 is 1.63 bits per heavy atom. The van der Waals surface area contributed by atoms with Gasteiger partial charge in [-0.15, -0.1) is 10.2 Å². The van der Waals surface area contributed by atoms with Crippen LogP contribution in [0.5, 0.6) is 0 Å². The molecule has 0 spiro atoms. The van der Waals surface area contributed by atoms with Gasteiger partial charge in [-0.2, -0.15) is 0 Å². The van der Waals surface area contributed by atoms with Crippen molar-refractivity contribution in [1.29, 1.82) is 0 Å². The molecule has 38 heavy (non-hydrogen) atoms. The molecule has 3 aromatic carbocycles. The number of carbonyl (C=O) groups excluding carboxylic acids is 2. The Balaban J connectivity index is 1.52. The average Bonchev–Trinajstić information content (AvgIpc) is 3.46. The summed E-state index contributed by atoms with van der Waals surface area (Å²) in [5.41, 5.74) is 4.08. The molecule has 1 aliphatic rings. The summed E-state index contributed by atoms with van der Waals surface area (Å²) in [6.45, 7) is 3.88. The van der Waals surface area contributed by atoms with Crippen molar-refractivity contribution in [1.82, 2.24) is 10.2 Å². The van der Waals surface area contributed by atoms with E-state index in [4.69, 9.17) is 23.2 Å². The second kappa shape index (κ2) is 10.9. The number of amides is 1. The van der Waals surface area contributed by atoms with Crippen LogP contribution in [0.1, 0.15) is 33.9 Å². The lowest BCUT2D eigenvalue weighted by Gasteiger charge is -2.22. The van der Waals surface area contributed by atoms with Gasteiger partial charge in [0.05, 0.1) is 11.6 Å². The number of hydrogen-bond acceptors (Lipinski definition) is 7. The van der Waals surface area contributed by atoms with Crippen LogP contribution >= 0.6 is 46.3 Å². The molecule has 1 aliphatic heterocycles. The highest BCUT2D eigenvalue weighted by Gasteiger charge is 2.48. The highest BCUT2D eigenvalue weighted by molar-refractivity contribution is 8.00. The molecular weight excluding hydrogens is 561 g/mol. The third-order valence-electron chi connectivity index (χ3n) is 6.13. The molecule has 1 saturated heterocycles. The normalized spacial score (nSPS) is 16.8. The van der Waals surface area contributed by atoms with E-state index in [1.807, 2.05) is 56.3 Å². The fourth-order valence-corrected chi connectivity index (χ4v) is 6.52. The third kappa shape index (κ3) is 5.22. The Morgan fingerprint density at radius 1 is 0.974 bits per heavy atom. The molecular formula is C28H21Cl2N3O3S2. The first kappa shape index (κ1) is 26.4. The zero-order valence-corrected chi connectivity index (χ0v) is 23.5. The summed E-state index contributed by atoms with van der Waals surface area (Å²) in [5.74, 6) is -1.24. The molecule has 1 atom stereocenters. The van der Waals surface area contributed by atoms with Gasteiger partial charge in [-0.3, -0.25) is 14.5 Å². The summed E-state index contributed by atoms with van der Waals surface area (Å²) < 4.78 is 0.606. The van der Waals surface area contributed by atoms with Crippen molar-refractivity contribution in [3.63, 3.8) is 0 Å². The standard InChI is InChI=1S/C28H21Cl2N3O3S2/c1-15-3-7-17(8-4-15)23-22(24(34)18-9-5-16(2)6-10-18)25(35)26(36)33(23)27-31-32-28(38-27)37-14-19-11-12-20(29)13-21(19)30/h3-13,23,34H,14H2,1-2H3/b24-22-. The lowest BCUT2D eigenvalue weighted by molar-refractivity contribution is -0.132. The lowest BCUT2D eigenvalue weighted by atomic mass is 9.94. The van der Waals surface area contributed by atoms with Crippen molar-refractivity contribution >= 4 is 68.9 Å². The van der Waals surface area contributed by atoms with Crippen molar-refractivity contribution in [2.24, 2.45) is 0 Å². The van der Waals surface area contributed by atoms with Gasteiger partial charge in [0.1, 0.15) is 5.76 Å². The fourth-order valence-electron chi connectivity index (χ4n) is 4.10. The van der Waals surface area contributed by atoms with Gasteiger partial charge < -0.3 is 5.11 Å². The third-order valence-corrected chi connectivity index (χ3v) is 8.82. The molecule has 0 bridgehead atoms. The van der Waals surface area contributed by atoms with E-state index in [0.717, 1.165) is 16.7 Å². The molecule has 1 fully saturated rings. The number of halogens is 2. The van der Waals surface area contributed by atoms with E-state index in [9.17, 15) is 14.7 Å². The molecule has 4 aromatic rings. The summed E-state index contributed by atoms with van der Waals surface area (Å²) in [6, 6.07) is 19.1. The second-order valence-corrected chi connectivity index (χ2v) is 11.8. The molecule has 5 rings (SSSR count). The second-order valence-electron chi connectivity index (χ2n) is 8.82. The molecule has 1 amide bonds. The molecule has 1 unspecified atom stereocenters. The maximum Gasteiger partial charge on any atom is 0.301 e. The Hall–Kier alpha value is -3.17. The number of nitrogens with zero attached hydrogens (tertiary/aromatic N) is 3. The van der Waals surface area contributed by atoms with Crippen molar-refractivity contribution in [3.8, 4) is 0 Å². The smallest absolute Gasteiger partial charge is 0.301 e. The number of hydrogen-bond donors (Lipinski definition) is 1. The number of thioether (sulfide) groups is 1. The van der Waals surface area contributed by atoms with Gasteiger partial charge in [0.2, 0.25) is 5.13 Å². The maximum absolute atomic E-state index is 13.4. The molecule has 0 saturated carbocycles. The zero-order chi connectivity index (χ0) is 27.0. The fraction of sp³-hybridized carbons (Fsp3) is 0.143. The van der Waals surface area contributed by atoms with Gasteiger partial charge in [-0.05, 0) is 37.1 Å². The van der Waals surface area contributed by atoms with Crippen molar-refractivity contribution in [3.05, 3.63) is 110 Å². The molecule has 6 nitrogen and oxygen atoms in total. The largest absolute Gasteiger partial charge is 0.507 e. The maximum atomic E-state index is 13.4. The van der Waals surface area contributed by atoms with Crippen molar-refractivity contribution in [2.75, 3.05) is 4.90 Å². The van der Waals surface area contributed by atoms with E-state index in [1.54, 1.807) is 24.3 Å². The summed E-state index contributed by atoms with van der Waals surface area (Å²) in [7, 11) is 0. The summed E-state index contributed by atoms with van der Waals surface area (Å²) in [5, 5.41) is 21.1. The van der Waals surface area contributed by atoms with Gasteiger partial charge in [0.25, 0.3) is 5.78 Å². The van der Waals surface area contributed by atoms with Crippen LogP contribution in [0.25, 0.3) is 5.76 Å². The summed E-state index contributed by atoms with van der Waals surface area (Å²) in [4.78, 5) is 28.0. The monoisotopic (exact) mass is 581 g/mol. The number of benzene rings is 3. The Morgan fingerprint density at radius 3 is 2.29 bits per heavy atom. The number of rotatable bonds is 6. The number of aromatic nitrogens is 2. The first-order valence-electron chi connectivity index (χ1n) is 11.6. The predicted molar refractivity (Wildman–Crippen MR) is 153 cm³/mol. The first-order chi connectivity index (χ1) is 18.2. The minimum atomic E-state index is -0.853. The number of aryl methyl sites for hydroxylation is 2. The van der Waals surface area contributed by atoms with Gasteiger partial charge >= 0.3 is 5.91 Å². The van der Waals surface area contributed by atoms with Crippen LogP contribution in [0.2, 0.25) is 10.0 Å². The highest BCUT2D eigenvalue weighted by atomic mass is 35.5. The van der Waals surface area contributed by atoms with E-state index < -0.39 is 17.7 Å². The summed E-state index contributed by atoms with van der Waals surface area (Å²) >= 11 is 14.9. The van der Waals surface area contributed by atoms with Crippen LogP contribution in [0.3, 0.4) is 0 Å². The first-order valence-corrected chi connectivity index (χ1v) is 14.1. The van der Waals surface area contributed by atoms with Crippen LogP contribution in [-0.2, 0) is 15.3 Å². The number of carbonyl (C=O) groups is 2. The predicted octanol–water partition coefficient (Wildman–Crippen LogP) is 7.38. The van der Waals surface area contributed by atoms with Gasteiger partial charge in [-0.1, -0.05) is 112 Å². The molecule has 0 aliphatic carbocycles. The van der Waals surface area contributed by atoms with Crippen LogP contribution in [-0.4, -0.2) is 27.0 Å². The van der Waals surface area contributed by atoms with E-state index in [1.165, 1.54) is 28.0 Å². The van der Waals surface area contributed by atoms with Gasteiger partial charge in [0, 0.05) is 21.4 Å². The molecule has 192 valence electrons. The number of Topliss-reactive ketones (excluding diaryl/α,β-unsaturated/α-hetero) is 1. The number of anilines is 1. The minimum Gasteiger partial charge on any atom is -0.507 e. The molecule has 10 heteroatoms. The Kier molecular flexibility index (Phi) is 7.59. The number of aliphatic hydroxyl groups is 1. The van der Waals surface area contributed by atoms with Crippen molar-refractivity contribution < 1.29 is 14.7 Å². The van der Waals surface area contributed by atoms with Crippen LogP contribution in [0, 0.1) is 13.8 Å². The number of ketones is 1. The van der Waals surface area contributed by atoms with E-state index in [-0.39, 0.29) is 16.5 Å². The zero-order valence-electron chi connectivity index (χ0n) is 20.3. The molecule has 1 N–H and O–H groups in total.